The molecule has 0 saturated carbocycles. The van der Waals surface area contributed by atoms with E-state index in [0.29, 0.717) is 17.7 Å². The highest BCUT2D eigenvalue weighted by Gasteiger charge is 2.40. The van der Waals surface area contributed by atoms with E-state index in [9.17, 15) is 44.3 Å². The van der Waals surface area contributed by atoms with E-state index < -0.39 is 56.7 Å². The number of piperidine rings is 1. The minimum absolute atomic E-state index is 0.0342. The van der Waals surface area contributed by atoms with Crippen molar-refractivity contribution < 1.29 is 44.3 Å². The smallest absolute Gasteiger partial charge is 0.341 e. The van der Waals surface area contributed by atoms with Gasteiger partial charge in [-0.25, -0.2) is 8.42 Å². The average Bonchev–Trinajstić information content (AvgIpc) is 2.93. The lowest BCUT2D eigenvalue weighted by molar-refractivity contribution is -0.143. The van der Waals surface area contributed by atoms with Crippen LogP contribution in [0.5, 0.6) is 0 Å². The first-order valence-electron chi connectivity index (χ1n) is 13.1. The summed E-state index contributed by atoms with van der Waals surface area (Å²) in [7, 11) is -1.86. The summed E-state index contributed by atoms with van der Waals surface area (Å²) in [4.78, 5) is 31.0. The monoisotopic (exact) mass is 673 g/mol. The molecule has 2 amide bonds. The zero-order chi connectivity index (χ0) is 31.9. The quantitative estimate of drug-likeness (QED) is 0.407. The Balaban J connectivity index is 1.62. The van der Waals surface area contributed by atoms with E-state index in [0.717, 1.165) is 4.90 Å². The van der Waals surface area contributed by atoms with Crippen LogP contribution >= 0.6 is 23.2 Å². The van der Waals surface area contributed by atoms with Crippen LogP contribution in [0.4, 0.5) is 26.3 Å². The van der Waals surface area contributed by atoms with Crippen molar-refractivity contribution in [3.8, 4) is 0 Å². The first kappa shape index (κ1) is 33.3. The Kier molecular flexibility index (Phi) is 9.65. The third-order valence-corrected chi connectivity index (χ3v) is 10.1. The topological polar surface area (TPSA) is 78.0 Å². The summed E-state index contributed by atoms with van der Waals surface area (Å²) in [6.45, 7) is 0.570. The Morgan fingerprint density at radius 2 is 1.49 bits per heavy atom. The summed E-state index contributed by atoms with van der Waals surface area (Å²) in [5, 5.41) is 0.413. The normalized spacial score (nSPS) is 21.5. The van der Waals surface area contributed by atoms with Gasteiger partial charge in [-0.2, -0.15) is 26.3 Å². The molecule has 2 aliphatic heterocycles. The fourth-order valence-corrected chi connectivity index (χ4v) is 6.92. The molecule has 16 heteroatoms. The zero-order valence-electron chi connectivity index (χ0n) is 22.7. The summed E-state index contributed by atoms with van der Waals surface area (Å²) < 4.78 is 104. The van der Waals surface area contributed by atoms with Gasteiger partial charge in [0.2, 0.25) is 5.91 Å². The van der Waals surface area contributed by atoms with E-state index in [2.05, 4.69) is 0 Å². The van der Waals surface area contributed by atoms with Crippen molar-refractivity contribution in [3.63, 3.8) is 0 Å². The lowest BCUT2D eigenvalue weighted by Crippen LogP contribution is -2.54. The maximum absolute atomic E-state index is 13.4. The van der Waals surface area contributed by atoms with E-state index in [1.807, 2.05) is 0 Å². The number of rotatable bonds is 5. The van der Waals surface area contributed by atoms with Gasteiger partial charge in [0.25, 0.3) is 5.91 Å². The number of halogens is 8. The number of alkyl halides is 6. The molecule has 2 heterocycles. The lowest BCUT2D eigenvalue weighted by atomic mass is 9.84. The fourth-order valence-electron chi connectivity index (χ4n) is 5.33. The van der Waals surface area contributed by atoms with Crippen LogP contribution in [0.25, 0.3) is 0 Å². The van der Waals surface area contributed by atoms with Gasteiger partial charge in [0.05, 0.1) is 39.2 Å². The first-order valence-corrected chi connectivity index (χ1v) is 15.7. The van der Waals surface area contributed by atoms with Gasteiger partial charge in [0.1, 0.15) is 0 Å². The molecule has 4 rings (SSSR count). The Labute approximate surface area is 254 Å². The zero-order valence-corrected chi connectivity index (χ0v) is 25.0. The molecule has 0 N–H and O–H groups in total. The molecule has 0 aromatic heterocycles. The maximum Gasteiger partial charge on any atom is 0.416 e. The molecule has 7 nitrogen and oxygen atoms in total. The highest BCUT2D eigenvalue weighted by atomic mass is 35.5. The number of carbonyl (C=O) groups is 2. The molecule has 2 atom stereocenters. The van der Waals surface area contributed by atoms with Crippen LogP contribution in [0.15, 0.2) is 36.4 Å². The molecule has 0 aliphatic carbocycles. The Bertz CT molecular complexity index is 1460. The molecule has 2 aromatic rings. The number of benzene rings is 2. The molecule has 0 spiro atoms. The summed E-state index contributed by atoms with van der Waals surface area (Å²) in [5.41, 5.74) is -3.44. The van der Waals surface area contributed by atoms with Crippen molar-refractivity contribution in [2.75, 3.05) is 51.3 Å². The molecule has 0 radical (unpaired) electrons. The van der Waals surface area contributed by atoms with Crippen LogP contribution in [0, 0.1) is 0 Å². The molecule has 2 aromatic carbocycles. The number of likely N-dealkylation sites (N-methyl/N-ethyl adjacent to an activating group) is 1. The molecule has 0 unspecified atom stereocenters. The largest absolute Gasteiger partial charge is 0.416 e. The Morgan fingerprint density at radius 1 is 0.907 bits per heavy atom. The standard InChI is InChI=1S/C27H27Cl2F6N3O4S/c1-36(25(40)17-10-18(26(30,31)32)13-19(11-17)27(33,34)35)23-4-5-38(14-20(23)16-2-3-21(28)22(29)12-16)24(39)15-37-6-8-43(41,42)9-7-37/h2-3,10-13,20,23H,4-9,14-15H2,1H3/t20-,23+/m0/s1. The number of likely N-dealkylation sites (tertiary alicyclic amines) is 1. The highest BCUT2D eigenvalue weighted by Crippen LogP contribution is 2.38. The van der Waals surface area contributed by atoms with Gasteiger partial charge in [0, 0.05) is 50.7 Å². The van der Waals surface area contributed by atoms with Crippen molar-refractivity contribution in [3.05, 3.63) is 68.7 Å². The Hall–Kier alpha value is -2.55. The van der Waals surface area contributed by atoms with Crippen molar-refractivity contribution in [1.82, 2.24) is 14.7 Å². The number of carbonyl (C=O) groups excluding carboxylic acids is 2. The molecule has 2 aliphatic rings. The van der Waals surface area contributed by atoms with Gasteiger partial charge < -0.3 is 9.80 Å². The van der Waals surface area contributed by atoms with Gasteiger partial charge in [0.15, 0.2) is 9.84 Å². The van der Waals surface area contributed by atoms with Crippen LogP contribution in [0.1, 0.15) is 39.4 Å². The molecule has 0 bridgehead atoms. The number of sulfone groups is 1. The van der Waals surface area contributed by atoms with E-state index in [4.69, 9.17) is 23.2 Å². The number of hydrogen-bond donors (Lipinski definition) is 0. The predicted molar refractivity (Wildman–Crippen MR) is 148 cm³/mol. The van der Waals surface area contributed by atoms with Crippen LogP contribution in [0.3, 0.4) is 0 Å². The molecule has 2 fully saturated rings. The predicted octanol–water partition coefficient (Wildman–Crippen LogP) is 5.22. The lowest BCUT2D eigenvalue weighted by Gasteiger charge is -2.43. The van der Waals surface area contributed by atoms with E-state index in [1.54, 1.807) is 11.0 Å². The van der Waals surface area contributed by atoms with Gasteiger partial charge in [-0.1, -0.05) is 29.3 Å². The third kappa shape index (κ3) is 7.95. The number of hydrogen-bond acceptors (Lipinski definition) is 5. The van der Waals surface area contributed by atoms with Crippen molar-refractivity contribution >= 4 is 44.9 Å². The third-order valence-electron chi connectivity index (χ3n) is 7.75. The minimum atomic E-state index is -5.12. The maximum atomic E-state index is 13.4. The van der Waals surface area contributed by atoms with Crippen molar-refractivity contribution in [2.45, 2.75) is 30.7 Å². The van der Waals surface area contributed by atoms with Crippen LogP contribution in [0.2, 0.25) is 10.0 Å². The summed E-state index contributed by atoms with van der Waals surface area (Å²) in [6, 6.07) is 4.67. The second-order valence-corrected chi connectivity index (χ2v) is 13.7. The number of nitrogens with zero attached hydrogens (tertiary/aromatic N) is 3. The summed E-state index contributed by atoms with van der Waals surface area (Å²) in [5.74, 6) is -2.10. The van der Waals surface area contributed by atoms with E-state index >= 15 is 0 Å². The molecular weight excluding hydrogens is 647 g/mol. The minimum Gasteiger partial charge on any atom is -0.341 e. The first-order chi connectivity index (χ1) is 19.9. The summed E-state index contributed by atoms with van der Waals surface area (Å²) in [6.07, 6.45) is -10.1. The fraction of sp³-hybridized carbons (Fsp3) is 0.481. The van der Waals surface area contributed by atoms with Gasteiger partial charge in [-0.15, -0.1) is 0 Å². The molecule has 43 heavy (non-hydrogen) atoms. The average molecular weight is 674 g/mol. The highest BCUT2D eigenvalue weighted by molar-refractivity contribution is 7.91. The van der Waals surface area contributed by atoms with Crippen LogP contribution < -0.4 is 0 Å². The molecule has 2 saturated heterocycles. The van der Waals surface area contributed by atoms with Crippen LogP contribution in [-0.2, 0) is 27.0 Å². The van der Waals surface area contributed by atoms with Crippen molar-refractivity contribution in [1.29, 1.82) is 0 Å². The second-order valence-electron chi connectivity index (χ2n) is 10.6. The Morgan fingerprint density at radius 3 is 2.02 bits per heavy atom. The summed E-state index contributed by atoms with van der Waals surface area (Å²) >= 11 is 12.3. The van der Waals surface area contributed by atoms with Gasteiger partial charge >= 0.3 is 12.4 Å². The van der Waals surface area contributed by atoms with Gasteiger partial charge in [-0.3, -0.25) is 14.5 Å². The number of amides is 2. The second kappa shape index (κ2) is 12.4. The van der Waals surface area contributed by atoms with Gasteiger partial charge in [-0.05, 0) is 42.3 Å². The van der Waals surface area contributed by atoms with Crippen LogP contribution in [-0.4, -0.2) is 92.3 Å². The molecule has 236 valence electrons. The van der Waals surface area contributed by atoms with E-state index in [1.165, 1.54) is 24.1 Å². The molecular formula is C27H27Cl2F6N3O4S. The van der Waals surface area contributed by atoms with E-state index in [-0.39, 0.29) is 72.7 Å². The SMILES string of the molecule is CN(C(=O)c1cc(C(F)(F)F)cc(C(F)(F)F)c1)[C@@H]1CCN(C(=O)CN2CCS(=O)(=O)CC2)C[C@H]1c1ccc(Cl)c(Cl)c1. The van der Waals surface area contributed by atoms with Crippen molar-refractivity contribution in [2.24, 2.45) is 0 Å².